The van der Waals surface area contributed by atoms with Gasteiger partial charge in [-0.2, -0.15) is 0 Å². The van der Waals surface area contributed by atoms with Gasteiger partial charge in [0.05, 0.1) is 18.2 Å². The molecule has 0 aliphatic heterocycles. The van der Waals surface area contributed by atoms with Gasteiger partial charge in [0.25, 0.3) is 0 Å². The minimum Gasteiger partial charge on any atom is -0.465 e. The van der Waals surface area contributed by atoms with Crippen molar-refractivity contribution in [1.82, 2.24) is 0 Å². The third-order valence-corrected chi connectivity index (χ3v) is 6.15. The Bertz CT molecular complexity index is 1140. The van der Waals surface area contributed by atoms with Gasteiger partial charge in [0.1, 0.15) is 5.75 Å². The average Bonchev–Trinajstić information content (AvgIpc) is 2.78. The maximum Gasteiger partial charge on any atom is 0.343 e. The number of aryl methyl sites for hydroxylation is 4. The van der Waals surface area contributed by atoms with Gasteiger partial charge in [-0.3, -0.25) is 0 Å². The van der Waals surface area contributed by atoms with E-state index in [-0.39, 0.29) is 5.92 Å². The van der Waals surface area contributed by atoms with E-state index in [4.69, 9.17) is 9.47 Å². The van der Waals surface area contributed by atoms with Crippen LogP contribution in [0.2, 0.25) is 0 Å². The van der Waals surface area contributed by atoms with E-state index in [0.717, 1.165) is 11.1 Å². The highest BCUT2D eigenvalue weighted by molar-refractivity contribution is 5.96. The molecule has 0 saturated heterocycles. The van der Waals surface area contributed by atoms with Gasteiger partial charge in [0.15, 0.2) is 0 Å². The molecule has 3 aromatic rings. The molecule has 0 N–H and O–H groups in total. The van der Waals surface area contributed by atoms with Gasteiger partial charge < -0.3 is 9.47 Å². The van der Waals surface area contributed by atoms with E-state index in [0.29, 0.717) is 16.9 Å². The number of esters is 2. The molecule has 0 fully saturated rings. The van der Waals surface area contributed by atoms with Crippen molar-refractivity contribution in [3.8, 4) is 5.75 Å². The number of ether oxygens (including phenoxy) is 2. The lowest BCUT2D eigenvalue weighted by molar-refractivity contribution is 0.0600. The van der Waals surface area contributed by atoms with Gasteiger partial charge in [0.2, 0.25) is 0 Å². The highest BCUT2D eigenvalue weighted by Crippen LogP contribution is 2.33. The standard InChI is InChI=1S/C28H30O4/c1-16-11-24(12-17(2)20(16)5)21(6)25-13-18(3)26(19(4)14-25)32-28(30)23-10-8-9-22(15-23)27(29)31-7/h8-15,21H,1-7H3. The van der Waals surface area contributed by atoms with E-state index in [1.807, 2.05) is 13.8 Å². The maximum atomic E-state index is 12.8. The predicted molar refractivity (Wildman–Crippen MR) is 127 cm³/mol. The number of methoxy groups -OCH3 is 1. The van der Waals surface area contributed by atoms with Crippen LogP contribution in [0.15, 0.2) is 48.5 Å². The summed E-state index contributed by atoms with van der Waals surface area (Å²) in [6.45, 7) is 12.5. The molecule has 1 atom stereocenters. The van der Waals surface area contributed by atoms with Crippen LogP contribution in [-0.2, 0) is 4.74 Å². The zero-order chi connectivity index (χ0) is 23.6. The lowest BCUT2D eigenvalue weighted by Gasteiger charge is -2.19. The van der Waals surface area contributed by atoms with Crippen LogP contribution in [0, 0.1) is 34.6 Å². The summed E-state index contributed by atoms with van der Waals surface area (Å²) in [6.07, 6.45) is 0. The molecule has 1 unspecified atom stereocenters. The monoisotopic (exact) mass is 430 g/mol. The van der Waals surface area contributed by atoms with E-state index in [1.54, 1.807) is 18.2 Å². The Hall–Kier alpha value is -3.40. The van der Waals surface area contributed by atoms with Crippen LogP contribution in [0.25, 0.3) is 0 Å². The molecule has 32 heavy (non-hydrogen) atoms. The molecule has 0 radical (unpaired) electrons. The zero-order valence-electron chi connectivity index (χ0n) is 19.8. The zero-order valence-corrected chi connectivity index (χ0v) is 19.8. The van der Waals surface area contributed by atoms with Crippen LogP contribution in [0.3, 0.4) is 0 Å². The van der Waals surface area contributed by atoms with Crippen LogP contribution in [0.5, 0.6) is 5.75 Å². The molecule has 3 rings (SSSR count). The normalized spacial score (nSPS) is 11.7. The van der Waals surface area contributed by atoms with E-state index < -0.39 is 11.9 Å². The van der Waals surface area contributed by atoms with Gasteiger partial charge >= 0.3 is 11.9 Å². The Labute approximate surface area is 190 Å². The number of carbonyl (C=O) groups excluding carboxylic acids is 2. The van der Waals surface area contributed by atoms with Crippen molar-refractivity contribution in [2.45, 2.75) is 47.5 Å². The van der Waals surface area contributed by atoms with Crippen molar-refractivity contribution in [1.29, 1.82) is 0 Å². The summed E-state index contributed by atoms with van der Waals surface area (Å²) in [5.74, 6) is -0.239. The number of hydrogen-bond donors (Lipinski definition) is 0. The van der Waals surface area contributed by atoms with Gasteiger partial charge in [-0.1, -0.05) is 37.3 Å². The van der Waals surface area contributed by atoms with Crippen molar-refractivity contribution >= 4 is 11.9 Å². The first kappa shape index (κ1) is 23.3. The Morgan fingerprint density at radius 2 is 1.19 bits per heavy atom. The Morgan fingerprint density at radius 1 is 0.719 bits per heavy atom. The highest BCUT2D eigenvalue weighted by Gasteiger charge is 2.18. The van der Waals surface area contributed by atoms with Gasteiger partial charge in [-0.25, -0.2) is 9.59 Å². The van der Waals surface area contributed by atoms with Gasteiger partial charge in [0, 0.05) is 5.92 Å². The molecule has 0 spiro atoms. The maximum absolute atomic E-state index is 12.8. The topological polar surface area (TPSA) is 52.6 Å². The Morgan fingerprint density at radius 3 is 1.69 bits per heavy atom. The van der Waals surface area contributed by atoms with Crippen molar-refractivity contribution in [2.75, 3.05) is 7.11 Å². The Balaban J connectivity index is 1.88. The lowest BCUT2D eigenvalue weighted by atomic mass is 9.87. The molecule has 0 aliphatic rings. The third kappa shape index (κ3) is 4.75. The van der Waals surface area contributed by atoms with Crippen LogP contribution in [-0.4, -0.2) is 19.0 Å². The van der Waals surface area contributed by atoms with E-state index in [9.17, 15) is 9.59 Å². The van der Waals surface area contributed by atoms with E-state index in [2.05, 4.69) is 52.0 Å². The largest absolute Gasteiger partial charge is 0.465 e. The second-order valence-electron chi connectivity index (χ2n) is 8.45. The summed E-state index contributed by atoms with van der Waals surface area (Å²) in [5.41, 5.74) is 8.75. The number of carbonyl (C=O) groups is 2. The van der Waals surface area contributed by atoms with Crippen LogP contribution >= 0.6 is 0 Å². The molecule has 0 amide bonds. The number of rotatable bonds is 5. The molecule has 0 bridgehead atoms. The number of hydrogen-bond acceptors (Lipinski definition) is 4. The van der Waals surface area contributed by atoms with Crippen molar-refractivity contribution in [3.05, 3.63) is 98.6 Å². The fourth-order valence-electron chi connectivity index (χ4n) is 3.95. The summed E-state index contributed by atoms with van der Waals surface area (Å²) in [7, 11) is 1.31. The quantitative estimate of drug-likeness (QED) is 0.348. The predicted octanol–water partition coefficient (Wildman–Crippen LogP) is 6.39. The first-order valence-corrected chi connectivity index (χ1v) is 10.7. The molecule has 0 saturated carbocycles. The average molecular weight is 431 g/mol. The summed E-state index contributed by atoms with van der Waals surface area (Å²) in [5, 5.41) is 0. The van der Waals surface area contributed by atoms with Crippen molar-refractivity contribution in [2.24, 2.45) is 0 Å². The van der Waals surface area contributed by atoms with Crippen molar-refractivity contribution < 1.29 is 19.1 Å². The Kier molecular flexibility index (Phi) is 6.83. The second-order valence-corrected chi connectivity index (χ2v) is 8.45. The fourth-order valence-corrected chi connectivity index (χ4v) is 3.95. The summed E-state index contributed by atoms with van der Waals surface area (Å²) in [4.78, 5) is 24.5. The molecule has 166 valence electrons. The minimum atomic E-state index is -0.507. The molecule has 0 aliphatic carbocycles. The molecule has 4 nitrogen and oxygen atoms in total. The molecule has 4 heteroatoms. The molecule has 0 aromatic heterocycles. The summed E-state index contributed by atoms with van der Waals surface area (Å²) in [6, 6.07) is 15.0. The van der Waals surface area contributed by atoms with Crippen LogP contribution in [0.4, 0.5) is 0 Å². The van der Waals surface area contributed by atoms with Crippen LogP contribution in [0.1, 0.15) is 72.5 Å². The van der Waals surface area contributed by atoms with E-state index in [1.165, 1.54) is 41.0 Å². The second kappa shape index (κ2) is 9.39. The molecular formula is C28H30O4. The first-order valence-electron chi connectivity index (χ1n) is 10.7. The van der Waals surface area contributed by atoms with Gasteiger partial charge in [-0.05, 0) is 91.8 Å². The van der Waals surface area contributed by atoms with Gasteiger partial charge in [-0.15, -0.1) is 0 Å². The van der Waals surface area contributed by atoms with Crippen molar-refractivity contribution in [3.63, 3.8) is 0 Å². The SMILES string of the molecule is COC(=O)c1cccc(C(=O)Oc2c(C)cc(C(C)c3cc(C)c(C)c(C)c3)cc2C)c1. The third-order valence-electron chi connectivity index (χ3n) is 6.15. The highest BCUT2D eigenvalue weighted by atomic mass is 16.5. The smallest absolute Gasteiger partial charge is 0.343 e. The summed E-state index contributed by atoms with van der Waals surface area (Å²) < 4.78 is 10.5. The molecular weight excluding hydrogens is 400 g/mol. The molecule has 0 heterocycles. The van der Waals surface area contributed by atoms with Crippen LogP contribution < -0.4 is 4.74 Å². The summed E-state index contributed by atoms with van der Waals surface area (Å²) >= 11 is 0. The lowest BCUT2D eigenvalue weighted by Crippen LogP contribution is -2.12. The fraction of sp³-hybridized carbons (Fsp3) is 0.286. The minimum absolute atomic E-state index is 0.215. The number of benzene rings is 3. The molecule has 3 aromatic carbocycles. The first-order chi connectivity index (χ1) is 15.1. The van der Waals surface area contributed by atoms with E-state index >= 15 is 0 Å².